The average molecular weight is 312 g/mol. The lowest BCUT2D eigenvalue weighted by molar-refractivity contribution is -0.124. The summed E-state index contributed by atoms with van der Waals surface area (Å²) < 4.78 is 1.02. The SMILES string of the molecule is CC(=O)N1CCN(c2nc3ccc(Cl)cc3s2)C1=S. The third kappa shape index (κ3) is 2.20. The molecule has 0 spiro atoms. The lowest BCUT2D eigenvalue weighted by Crippen LogP contribution is -2.34. The molecule has 1 saturated heterocycles. The highest BCUT2D eigenvalue weighted by atomic mass is 35.5. The number of thiazole rings is 1. The fraction of sp³-hybridized carbons (Fsp3) is 0.250. The summed E-state index contributed by atoms with van der Waals surface area (Å²) in [5, 5.41) is 2.03. The molecule has 0 atom stereocenters. The third-order valence-corrected chi connectivity index (χ3v) is 4.68. The van der Waals surface area contributed by atoms with Crippen molar-refractivity contribution in [1.29, 1.82) is 0 Å². The summed E-state index contributed by atoms with van der Waals surface area (Å²) in [5.41, 5.74) is 0.897. The number of benzene rings is 1. The van der Waals surface area contributed by atoms with Gasteiger partial charge in [-0.2, -0.15) is 0 Å². The fourth-order valence-corrected chi connectivity index (χ4v) is 3.73. The molecule has 0 bridgehead atoms. The van der Waals surface area contributed by atoms with E-state index in [-0.39, 0.29) is 5.91 Å². The van der Waals surface area contributed by atoms with Crippen molar-refractivity contribution in [1.82, 2.24) is 9.88 Å². The van der Waals surface area contributed by atoms with E-state index in [4.69, 9.17) is 23.8 Å². The number of carbonyl (C=O) groups excluding carboxylic acids is 1. The van der Waals surface area contributed by atoms with Gasteiger partial charge in [-0.1, -0.05) is 22.9 Å². The van der Waals surface area contributed by atoms with Gasteiger partial charge in [-0.25, -0.2) is 4.98 Å². The highest BCUT2D eigenvalue weighted by molar-refractivity contribution is 7.80. The first-order chi connectivity index (χ1) is 9.06. The van der Waals surface area contributed by atoms with E-state index in [9.17, 15) is 4.79 Å². The molecule has 0 unspecified atom stereocenters. The molecule has 0 saturated carbocycles. The molecule has 0 aliphatic carbocycles. The molecule has 0 N–H and O–H groups in total. The van der Waals surface area contributed by atoms with Crippen LogP contribution in [0, 0.1) is 0 Å². The Bertz CT molecular complexity index is 685. The first-order valence-corrected chi connectivity index (χ1v) is 7.32. The zero-order valence-electron chi connectivity index (χ0n) is 10.1. The van der Waals surface area contributed by atoms with Gasteiger partial charge in [0.2, 0.25) is 5.91 Å². The second-order valence-corrected chi connectivity index (χ2v) is 6.02. The molecule has 19 heavy (non-hydrogen) atoms. The maximum absolute atomic E-state index is 11.4. The Morgan fingerprint density at radius 2 is 2.26 bits per heavy atom. The van der Waals surface area contributed by atoms with Gasteiger partial charge in [0.15, 0.2) is 10.2 Å². The van der Waals surface area contributed by atoms with Gasteiger partial charge in [0.05, 0.1) is 10.2 Å². The Kier molecular flexibility index (Phi) is 3.16. The Hall–Kier alpha value is -1.24. The predicted octanol–water partition coefficient (Wildman–Crippen LogP) is 2.90. The molecule has 1 aliphatic heterocycles. The summed E-state index contributed by atoms with van der Waals surface area (Å²) in [4.78, 5) is 19.5. The number of carbonyl (C=O) groups is 1. The van der Waals surface area contributed by atoms with E-state index in [1.54, 1.807) is 4.90 Å². The van der Waals surface area contributed by atoms with Crippen LogP contribution in [0.1, 0.15) is 6.92 Å². The Morgan fingerprint density at radius 3 is 2.95 bits per heavy atom. The summed E-state index contributed by atoms with van der Waals surface area (Å²) in [6.45, 7) is 2.82. The maximum atomic E-state index is 11.4. The van der Waals surface area contributed by atoms with E-state index >= 15 is 0 Å². The molecule has 3 rings (SSSR count). The van der Waals surface area contributed by atoms with Crippen LogP contribution in [0.4, 0.5) is 5.13 Å². The zero-order chi connectivity index (χ0) is 13.6. The van der Waals surface area contributed by atoms with Crippen molar-refractivity contribution in [2.45, 2.75) is 6.92 Å². The number of amides is 1. The topological polar surface area (TPSA) is 36.4 Å². The minimum atomic E-state index is -0.0309. The number of nitrogens with zero attached hydrogens (tertiary/aromatic N) is 3. The van der Waals surface area contributed by atoms with Gasteiger partial charge >= 0.3 is 0 Å². The molecule has 4 nitrogen and oxygen atoms in total. The maximum Gasteiger partial charge on any atom is 0.225 e. The van der Waals surface area contributed by atoms with Gasteiger partial charge in [-0.3, -0.25) is 14.6 Å². The number of thiocarbonyl (C=S) groups is 1. The number of fused-ring (bicyclic) bond motifs is 1. The van der Waals surface area contributed by atoms with Crippen LogP contribution in [0.2, 0.25) is 5.02 Å². The average Bonchev–Trinajstić information content (AvgIpc) is 2.91. The van der Waals surface area contributed by atoms with E-state index in [0.29, 0.717) is 23.2 Å². The van der Waals surface area contributed by atoms with Crippen LogP contribution in [0.3, 0.4) is 0 Å². The van der Waals surface area contributed by atoms with Gasteiger partial charge in [0, 0.05) is 25.0 Å². The lowest BCUT2D eigenvalue weighted by atomic mass is 10.3. The number of anilines is 1. The molecule has 1 aliphatic rings. The van der Waals surface area contributed by atoms with E-state index < -0.39 is 0 Å². The third-order valence-electron chi connectivity index (χ3n) is 2.96. The van der Waals surface area contributed by atoms with Crippen LogP contribution in [-0.4, -0.2) is 34.0 Å². The van der Waals surface area contributed by atoms with Crippen LogP contribution in [0.25, 0.3) is 10.2 Å². The number of hydrogen-bond acceptors (Lipinski definition) is 4. The first-order valence-electron chi connectivity index (χ1n) is 5.72. The molecule has 1 fully saturated rings. The van der Waals surface area contributed by atoms with Crippen molar-refractivity contribution in [2.24, 2.45) is 0 Å². The standard InChI is InChI=1S/C12H10ClN3OS2/c1-7(17)15-4-5-16(12(15)18)11-14-9-3-2-8(13)6-10(9)19-11/h2-3,6H,4-5H2,1H3. The van der Waals surface area contributed by atoms with Crippen LogP contribution < -0.4 is 4.90 Å². The Morgan fingerprint density at radius 1 is 1.47 bits per heavy atom. The normalized spacial score (nSPS) is 15.6. The van der Waals surface area contributed by atoms with Gasteiger partial charge in [0.25, 0.3) is 0 Å². The van der Waals surface area contributed by atoms with Crippen molar-refractivity contribution in [3.63, 3.8) is 0 Å². The molecular weight excluding hydrogens is 302 g/mol. The van der Waals surface area contributed by atoms with E-state index in [1.807, 2.05) is 23.1 Å². The monoisotopic (exact) mass is 311 g/mol. The minimum absolute atomic E-state index is 0.0309. The second kappa shape index (κ2) is 4.70. The summed E-state index contributed by atoms with van der Waals surface area (Å²) in [6, 6.07) is 5.59. The van der Waals surface area contributed by atoms with Crippen molar-refractivity contribution in [3.05, 3.63) is 23.2 Å². The summed E-state index contributed by atoms with van der Waals surface area (Å²) in [7, 11) is 0. The second-order valence-electron chi connectivity index (χ2n) is 4.21. The highest BCUT2D eigenvalue weighted by Gasteiger charge is 2.30. The van der Waals surface area contributed by atoms with Gasteiger partial charge in [0.1, 0.15) is 0 Å². The van der Waals surface area contributed by atoms with Gasteiger partial charge in [-0.05, 0) is 30.4 Å². The van der Waals surface area contributed by atoms with Crippen molar-refractivity contribution >= 4 is 61.5 Å². The van der Waals surface area contributed by atoms with Crippen LogP contribution in [0.15, 0.2) is 18.2 Å². The molecule has 1 aromatic heterocycles. The van der Waals surface area contributed by atoms with Crippen molar-refractivity contribution in [2.75, 3.05) is 18.0 Å². The predicted molar refractivity (Wildman–Crippen MR) is 82.0 cm³/mol. The van der Waals surface area contributed by atoms with E-state index in [0.717, 1.165) is 15.3 Å². The Balaban J connectivity index is 1.97. The summed E-state index contributed by atoms with van der Waals surface area (Å²) in [5.74, 6) is -0.0309. The Labute approximate surface area is 124 Å². The number of aromatic nitrogens is 1. The van der Waals surface area contributed by atoms with E-state index in [2.05, 4.69) is 4.98 Å². The number of rotatable bonds is 1. The van der Waals surface area contributed by atoms with Crippen LogP contribution >= 0.6 is 35.2 Å². The van der Waals surface area contributed by atoms with Gasteiger partial charge < -0.3 is 0 Å². The van der Waals surface area contributed by atoms with Crippen LogP contribution in [-0.2, 0) is 4.79 Å². The molecule has 1 aromatic carbocycles. The smallest absolute Gasteiger partial charge is 0.225 e. The molecule has 7 heteroatoms. The zero-order valence-corrected chi connectivity index (χ0v) is 12.5. The van der Waals surface area contributed by atoms with Gasteiger partial charge in [-0.15, -0.1) is 0 Å². The minimum Gasteiger partial charge on any atom is -0.292 e. The highest BCUT2D eigenvalue weighted by Crippen LogP contribution is 2.32. The summed E-state index contributed by atoms with van der Waals surface area (Å²) in [6.07, 6.45) is 0. The van der Waals surface area contributed by atoms with E-state index in [1.165, 1.54) is 18.3 Å². The molecule has 0 radical (unpaired) electrons. The molecule has 98 valence electrons. The molecule has 1 amide bonds. The lowest BCUT2D eigenvalue weighted by Gasteiger charge is -2.16. The molecule has 2 heterocycles. The van der Waals surface area contributed by atoms with Crippen molar-refractivity contribution < 1.29 is 4.79 Å². The van der Waals surface area contributed by atoms with Crippen LogP contribution in [0.5, 0.6) is 0 Å². The quantitative estimate of drug-likeness (QED) is 0.759. The van der Waals surface area contributed by atoms with Crippen molar-refractivity contribution in [3.8, 4) is 0 Å². The molecule has 2 aromatic rings. The largest absolute Gasteiger partial charge is 0.292 e. The fourth-order valence-electron chi connectivity index (χ4n) is 2.01. The number of halogens is 1. The first kappa shape index (κ1) is 12.8. The number of hydrogen-bond donors (Lipinski definition) is 0. The molecular formula is C12H10ClN3OS2. The summed E-state index contributed by atoms with van der Waals surface area (Å²) >= 11 is 12.8.